The highest BCUT2D eigenvalue weighted by atomic mass is 79.9. The predicted octanol–water partition coefficient (Wildman–Crippen LogP) is 4.48. The zero-order valence-corrected chi connectivity index (χ0v) is 17.4. The number of aryl methyl sites for hydroxylation is 1. The van der Waals surface area contributed by atoms with Gasteiger partial charge in [-0.2, -0.15) is 9.61 Å². The molecule has 5 rings (SSSR count). The molecule has 28 heavy (non-hydrogen) atoms. The normalized spacial score (nSPS) is 11.4. The second kappa shape index (κ2) is 6.61. The first kappa shape index (κ1) is 17.2. The van der Waals surface area contributed by atoms with Crippen molar-refractivity contribution in [3.8, 4) is 27.8 Å². The maximum Gasteiger partial charge on any atom is 0.235 e. The number of rotatable bonds is 3. The fraction of sp³-hybridized carbons (Fsp3) is 0.105. The van der Waals surface area contributed by atoms with Gasteiger partial charge in [-0.25, -0.2) is 4.68 Å². The molecule has 0 aliphatic carbocycles. The summed E-state index contributed by atoms with van der Waals surface area (Å²) < 4.78 is 4.57. The molecular formula is C19H14BrN7S. The van der Waals surface area contributed by atoms with Crippen molar-refractivity contribution < 1.29 is 0 Å². The van der Waals surface area contributed by atoms with Crippen LogP contribution in [0.1, 0.15) is 11.3 Å². The van der Waals surface area contributed by atoms with Crippen LogP contribution < -0.4 is 0 Å². The largest absolute Gasteiger partial charge is 0.235 e. The Balaban J connectivity index is 1.58. The molecule has 0 bridgehead atoms. The Morgan fingerprint density at radius 2 is 1.64 bits per heavy atom. The maximum atomic E-state index is 4.70. The van der Waals surface area contributed by atoms with Crippen LogP contribution in [0.15, 0.2) is 53.0 Å². The molecule has 138 valence electrons. The maximum absolute atomic E-state index is 4.70. The smallest absolute Gasteiger partial charge is 0.217 e. The van der Waals surface area contributed by atoms with Gasteiger partial charge in [-0.1, -0.05) is 62.3 Å². The van der Waals surface area contributed by atoms with Gasteiger partial charge in [0.25, 0.3) is 0 Å². The summed E-state index contributed by atoms with van der Waals surface area (Å²) in [6.45, 7) is 4.03. The van der Waals surface area contributed by atoms with E-state index in [1.165, 1.54) is 16.9 Å². The molecule has 2 aromatic carbocycles. The Morgan fingerprint density at radius 3 is 2.39 bits per heavy atom. The van der Waals surface area contributed by atoms with E-state index in [1.807, 2.05) is 43.3 Å². The van der Waals surface area contributed by atoms with E-state index < -0.39 is 0 Å². The fourth-order valence-corrected chi connectivity index (χ4v) is 4.05. The summed E-state index contributed by atoms with van der Waals surface area (Å²) in [5, 5.41) is 22.8. The van der Waals surface area contributed by atoms with Crippen LogP contribution in [0.5, 0.6) is 0 Å². The number of fused-ring (bicyclic) bond motifs is 1. The SMILES string of the molecule is Cc1ccc(-n2nnc(-c3nnc4sc(-c5ccc(Br)cc5)nn34)c2C)cc1. The van der Waals surface area contributed by atoms with Crippen LogP contribution in [0.2, 0.25) is 0 Å². The highest BCUT2D eigenvalue weighted by Crippen LogP contribution is 2.29. The van der Waals surface area contributed by atoms with E-state index in [9.17, 15) is 0 Å². The van der Waals surface area contributed by atoms with Crippen LogP contribution in [-0.2, 0) is 0 Å². The Labute approximate surface area is 172 Å². The standard InChI is InChI=1S/C19H14BrN7S/c1-11-3-9-15(10-4-11)26-12(2)16(21-25-26)17-22-23-19-27(17)24-18(28-19)13-5-7-14(20)8-6-13/h3-10H,1-2H3. The van der Waals surface area contributed by atoms with E-state index in [2.05, 4.69) is 55.5 Å². The molecule has 0 fully saturated rings. The highest BCUT2D eigenvalue weighted by Gasteiger charge is 2.20. The lowest BCUT2D eigenvalue weighted by Crippen LogP contribution is -1.99. The molecule has 0 atom stereocenters. The van der Waals surface area contributed by atoms with Crippen LogP contribution in [-0.4, -0.2) is 34.8 Å². The van der Waals surface area contributed by atoms with Gasteiger partial charge >= 0.3 is 0 Å². The minimum Gasteiger partial charge on any atom is -0.217 e. The predicted molar refractivity (Wildman–Crippen MR) is 112 cm³/mol. The molecule has 0 amide bonds. The van der Waals surface area contributed by atoms with Crippen molar-refractivity contribution in [2.45, 2.75) is 13.8 Å². The lowest BCUT2D eigenvalue weighted by molar-refractivity contribution is 0.785. The summed E-state index contributed by atoms with van der Waals surface area (Å²) >= 11 is 4.95. The molecule has 0 saturated carbocycles. The van der Waals surface area contributed by atoms with Crippen molar-refractivity contribution in [2.24, 2.45) is 0 Å². The second-order valence-electron chi connectivity index (χ2n) is 6.40. The Morgan fingerprint density at radius 1 is 0.893 bits per heavy atom. The molecule has 0 N–H and O–H groups in total. The fourth-order valence-electron chi connectivity index (χ4n) is 2.94. The van der Waals surface area contributed by atoms with Crippen molar-refractivity contribution in [2.75, 3.05) is 0 Å². The molecule has 7 nitrogen and oxygen atoms in total. The summed E-state index contributed by atoms with van der Waals surface area (Å²) in [4.78, 5) is 0.720. The third-order valence-electron chi connectivity index (χ3n) is 4.47. The van der Waals surface area contributed by atoms with Crippen molar-refractivity contribution in [3.63, 3.8) is 0 Å². The minimum absolute atomic E-state index is 0.588. The van der Waals surface area contributed by atoms with E-state index in [-0.39, 0.29) is 0 Å². The van der Waals surface area contributed by atoms with Gasteiger partial charge in [-0.3, -0.25) is 0 Å². The second-order valence-corrected chi connectivity index (χ2v) is 8.27. The quantitative estimate of drug-likeness (QED) is 0.404. The van der Waals surface area contributed by atoms with Gasteiger partial charge in [-0.05, 0) is 38.1 Å². The molecule has 9 heteroatoms. The average molecular weight is 452 g/mol. The Hall–Kier alpha value is -2.91. The number of hydrogen-bond donors (Lipinski definition) is 0. The van der Waals surface area contributed by atoms with Crippen molar-refractivity contribution in [3.05, 3.63) is 64.3 Å². The van der Waals surface area contributed by atoms with Crippen LogP contribution in [0, 0.1) is 13.8 Å². The molecular weight excluding hydrogens is 438 g/mol. The van der Waals surface area contributed by atoms with Gasteiger partial charge in [0, 0.05) is 10.0 Å². The van der Waals surface area contributed by atoms with E-state index in [0.29, 0.717) is 11.5 Å². The summed E-state index contributed by atoms with van der Waals surface area (Å²) in [6, 6.07) is 16.2. The average Bonchev–Trinajstić information content (AvgIpc) is 3.38. The van der Waals surface area contributed by atoms with Crippen LogP contribution >= 0.6 is 27.3 Å². The zero-order valence-electron chi connectivity index (χ0n) is 15.0. The van der Waals surface area contributed by atoms with Gasteiger partial charge in [0.15, 0.2) is 5.69 Å². The van der Waals surface area contributed by atoms with Gasteiger partial charge in [0.2, 0.25) is 10.8 Å². The van der Waals surface area contributed by atoms with Gasteiger partial charge < -0.3 is 0 Å². The monoisotopic (exact) mass is 451 g/mol. The molecule has 3 heterocycles. The number of hydrogen-bond acceptors (Lipinski definition) is 6. The minimum atomic E-state index is 0.588. The van der Waals surface area contributed by atoms with E-state index >= 15 is 0 Å². The lowest BCUT2D eigenvalue weighted by atomic mass is 10.2. The van der Waals surface area contributed by atoms with Crippen LogP contribution in [0.4, 0.5) is 0 Å². The molecule has 0 spiro atoms. The summed E-state index contributed by atoms with van der Waals surface area (Å²) in [5.74, 6) is 0.588. The third kappa shape index (κ3) is 2.83. The van der Waals surface area contributed by atoms with E-state index in [0.717, 1.165) is 31.4 Å². The zero-order chi connectivity index (χ0) is 19.3. The first-order valence-corrected chi connectivity index (χ1v) is 10.2. The van der Waals surface area contributed by atoms with Crippen molar-refractivity contribution in [1.29, 1.82) is 0 Å². The number of halogens is 1. The summed E-state index contributed by atoms with van der Waals surface area (Å²) in [7, 11) is 0. The first-order valence-electron chi connectivity index (χ1n) is 8.58. The lowest BCUT2D eigenvalue weighted by Gasteiger charge is -2.03. The molecule has 0 aliphatic rings. The Bertz CT molecular complexity index is 1280. The van der Waals surface area contributed by atoms with Crippen LogP contribution in [0.25, 0.3) is 32.7 Å². The number of benzene rings is 2. The van der Waals surface area contributed by atoms with Crippen molar-refractivity contribution in [1.82, 2.24) is 34.8 Å². The Kier molecular flexibility index (Phi) is 4.06. The molecule has 3 aromatic heterocycles. The van der Waals surface area contributed by atoms with E-state index in [1.54, 1.807) is 9.20 Å². The summed E-state index contributed by atoms with van der Waals surface area (Å²) in [5.41, 5.74) is 4.74. The van der Waals surface area contributed by atoms with Gasteiger partial charge in [0.05, 0.1) is 11.4 Å². The molecule has 0 radical (unpaired) electrons. The molecule has 5 aromatic rings. The summed E-state index contributed by atoms with van der Waals surface area (Å²) in [6.07, 6.45) is 0. The number of nitrogens with zero attached hydrogens (tertiary/aromatic N) is 7. The third-order valence-corrected chi connectivity index (χ3v) is 5.94. The molecule has 0 unspecified atom stereocenters. The van der Waals surface area contributed by atoms with E-state index in [4.69, 9.17) is 5.10 Å². The molecule has 0 saturated heterocycles. The van der Waals surface area contributed by atoms with Gasteiger partial charge in [-0.15, -0.1) is 15.3 Å². The molecule has 0 aliphatic heterocycles. The first-order chi connectivity index (χ1) is 13.6. The topological polar surface area (TPSA) is 73.8 Å². The number of aromatic nitrogens is 7. The van der Waals surface area contributed by atoms with Crippen molar-refractivity contribution >= 4 is 32.2 Å². The van der Waals surface area contributed by atoms with Gasteiger partial charge in [0.1, 0.15) is 5.01 Å². The highest BCUT2D eigenvalue weighted by molar-refractivity contribution is 9.10. The van der Waals surface area contributed by atoms with Crippen LogP contribution in [0.3, 0.4) is 0 Å².